The average molecular weight is 324 g/mol. The Balaban J connectivity index is 1.53. The van der Waals surface area contributed by atoms with Crippen LogP contribution < -0.4 is 10.1 Å². The highest BCUT2D eigenvalue weighted by atomic mass is 16.5. The maximum atomic E-state index is 12.0. The van der Waals surface area contributed by atoms with E-state index in [1.54, 1.807) is 12.1 Å². The Bertz CT molecular complexity index is 800. The van der Waals surface area contributed by atoms with Crippen molar-refractivity contribution in [2.24, 2.45) is 0 Å². The molecule has 7 heteroatoms. The van der Waals surface area contributed by atoms with Crippen LogP contribution >= 0.6 is 0 Å². The first kappa shape index (κ1) is 15.7. The number of aromatic nitrogens is 3. The first-order valence-corrected chi connectivity index (χ1v) is 7.42. The van der Waals surface area contributed by atoms with Gasteiger partial charge in [-0.05, 0) is 18.2 Å². The lowest BCUT2D eigenvalue weighted by Gasteiger charge is -2.04. The molecule has 1 amide bonds. The molecule has 2 heterocycles. The lowest BCUT2D eigenvalue weighted by Crippen LogP contribution is -2.26. The Labute approximate surface area is 138 Å². The number of rotatable bonds is 6. The van der Waals surface area contributed by atoms with Gasteiger partial charge in [-0.15, -0.1) is 0 Å². The second kappa shape index (κ2) is 7.36. The Kier molecular flexibility index (Phi) is 4.81. The van der Waals surface area contributed by atoms with Crippen molar-refractivity contribution < 1.29 is 14.1 Å². The Morgan fingerprint density at radius 3 is 2.75 bits per heavy atom. The zero-order valence-corrected chi connectivity index (χ0v) is 13.1. The van der Waals surface area contributed by atoms with Crippen molar-refractivity contribution in [2.45, 2.75) is 6.42 Å². The summed E-state index contributed by atoms with van der Waals surface area (Å²) in [6.45, 7) is 0.401. The van der Waals surface area contributed by atoms with Gasteiger partial charge in [0.1, 0.15) is 0 Å². The van der Waals surface area contributed by atoms with Gasteiger partial charge in [0.05, 0.1) is 12.7 Å². The third kappa shape index (κ3) is 3.75. The topological polar surface area (TPSA) is 90.1 Å². The number of nitrogens with zero attached hydrogens (tertiary/aromatic N) is 3. The molecule has 1 aromatic carbocycles. The highest BCUT2D eigenvalue weighted by Crippen LogP contribution is 2.16. The number of hydrogen-bond acceptors (Lipinski definition) is 6. The number of nitrogens with one attached hydrogen (secondary N) is 1. The maximum Gasteiger partial charge on any atom is 0.257 e. The van der Waals surface area contributed by atoms with E-state index >= 15 is 0 Å². The van der Waals surface area contributed by atoms with Crippen molar-refractivity contribution in [2.75, 3.05) is 13.7 Å². The molecule has 0 atom stereocenters. The molecule has 0 aliphatic carbocycles. The minimum absolute atomic E-state index is 0.211. The molecule has 0 fully saturated rings. The molecule has 7 nitrogen and oxygen atoms in total. The first-order valence-electron chi connectivity index (χ1n) is 7.42. The summed E-state index contributed by atoms with van der Waals surface area (Å²) in [6.07, 6.45) is 1.95. The fourth-order valence-electron chi connectivity index (χ4n) is 2.08. The number of amides is 1. The second-order valence-corrected chi connectivity index (χ2v) is 4.98. The predicted molar refractivity (Wildman–Crippen MR) is 86.6 cm³/mol. The second-order valence-electron chi connectivity index (χ2n) is 4.98. The van der Waals surface area contributed by atoms with Crippen LogP contribution in [0, 0.1) is 0 Å². The summed E-state index contributed by atoms with van der Waals surface area (Å²) in [6, 6.07) is 12.8. The van der Waals surface area contributed by atoms with Gasteiger partial charge in [0.15, 0.2) is 5.82 Å². The summed E-state index contributed by atoms with van der Waals surface area (Å²) >= 11 is 0. The van der Waals surface area contributed by atoms with Crippen molar-refractivity contribution in [1.82, 2.24) is 20.4 Å². The molecule has 24 heavy (non-hydrogen) atoms. The molecule has 0 radical (unpaired) electrons. The largest absolute Gasteiger partial charge is 0.481 e. The molecule has 3 aromatic rings. The van der Waals surface area contributed by atoms with Gasteiger partial charge >= 0.3 is 0 Å². The summed E-state index contributed by atoms with van der Waals surface area (Å²) in [5, 5.41) is 6.71. The molecular weight excluding hydrogens is 308 g/mol. The number of benzene rings is 1. The average Bonchev–Trinajstić information content (AvgIpc) is 3.11. The van der Waals surface area contributed by atoms with Crippen LogP contribution in [0.25, 0.3) is 11.5 Å². The van der Waals surface area contributed by atoms with Crippen LogP contribution in [-0.4, -0.2) is 34.7 Å². The monoisotopic (exact) mass is 324 g/mol. The summed E-state index contributed by atoms with van der Waals surface area (Å²) in [4.78, 5) is 20.3. The molecule has 0 aliphatic rings. The zero-order valence-electron chi connectivity index (χ0n) is 13.1. The fourth-order valence-corrected chi connectivity index (χ4v) is 2.08. The van der Waals surface area contributed by atoms with Crippen molar-refractivity contribution in [3.63, 3.8) is 0 Å². The molecule has 0 bridgehead atoms. The van der Waals surface area contributed by atoms with E-state index in [0.29, 0.717) is 36.1 Å². The standard InChI is InChI=1S/C17H16N4O3/c1-23-15-8-7-13(11-19-15)16(22)18-10-9-14-20-17(24-21-14)12-5-3-2-4-6-12/h2-8,11H,9-10H2,1H3,(H,18,22). The lowest BCUT2D eigenvalue weighted by molar-refractivity contribution is 0.0953. The number of hydrogen-bond donors (Lipinski definition) is 1. The van der Waals surface area contributed by atoms with Crippen LogP contribution in [0.15, 0.2) is 53.2 Å². The minimum Gasteiger partial charge on any atom is -0.481 e. The van der Waals surface area contributed by atoms with Crippen LogP contribution in [0.2, 0.25) is 0 Å². The van der Waals surface area contributed by atoms with Crippen molar-refractivity contribution in [3.8, 4) is 17.3 Å². The van der Waals surface area contributed by atoms with E-state index in [2.05, 4.69) is 20.4 Å². The van der Waals surface area contributed by atoms with Gasteiger partial charge < -0.3 is 14.6 Å². The number of ether oxygens (including phenoxy) is 1. The van der Waals surface area contributed by atoms with Gasteiger partial charge in [0.2, 0.25) is 5.88 Å². The molecule has 122 valence electrons. The molecule has 2 aromatic heterocycles. The van der Waals surface area contributed by atoms with Crippen LogP contribution in [0.5, 0.6) is 5.88 Å². The highest BCUT2D eigenvalue weighted by Gasteiger charge is 2.10. The van der Waals surface area contributed by atoms with Crippen LogP contribution in [0.3, 0.4) is 0 Å². The van der Waals surface area contributed by atoms with Gasteiger partial charge in [0.25, 0.3) is 11.8 Å². The van der Waals surface area contributed by atoms with Gasteiger partial charge in [0, 0.05) is 30.8 Å². The minimum atomic E-state index is -0.211. The Morgan fingerprint density at radius 2 is 2.04 bits per heavy atom. The SMILES string of the molecule is COc1ccc(C(=O)NCCc2noc(-c3ccccc3)n2)cn1. The van der Waals surface area contributed by atoms with Gasteiger partial charge in [-0.25, -0.2) is 4.98 Å². The lowest BCUT2D eigenvalue weighted by atomic mass is 10.2. The normalized spacial score (nSPS) is 10.4. The van der Waals surface area contributed by atoms with E-state index in [4.69, 9.17) is 9.26 Å². The van der Waals surface area contributed by atoms with E-state index < -0.39 is 0 Å². The Hall–Kier alpha value is -3.22. The van der Waals surface area contributed by atoms with E-state index in [0.717, 1.165) is 5.56 Å². The summed E-state index contributed by atoms with van der Waals surface area (Å²) in [5.74, 6) is 1.27. The van der Waals surface area contributed by atoms with Crippen molar-refractivity contribution in [1.29, 1.82) is 0 Å². The predicted octanol–water partition coefficient (Wildman–Crippen LogP) is 2.11. The molecule has 0 unspecified atom stereocenters. The van der Waals surface area contributed by atoms with Crippen LogP contribution in [0.4, 0.5) is 0 Å². The molecule has 0 saturated carbocycles. The molecule has 3 rings (SSSR count). The third-order valence-electron chi connectivity index (χ3n) is 3.33. The zero-order chi connectivity index (χ0) is 16.8. The molecule has 0 spiro atoms. The third-order valence-corrected chi connectivity index (χ3v) is 3.33. The van der Waals surface area contributed by atoms with Gasteiger partial charge in [-0.3, -0.25) is 4.79 Å². The maximum absolute atomic E-state index is 12.0. The number of carbonyl (C=O) groups is 1. The van der Waals surface area contributed by atoms with E-state index in [-0.39, 0.29) is 5.91 Å². The quantitative estimate of drug-likeness (QED) is 0.747. The summed E-state index contributed by atoms with van der Waals surface area (Å²) < 4.78 is 10.2. The Morgan fingerprint density at radius 1 is 1.21 bits per heavy atom. The van der Waals surface area contributed by atoms with Crippen molar-refractivity contribution in [3.05, 3.63) is 60.0 Å². The molecule has 0 aliphatic heterocycles. The number of carbonyl (C=O) groups excluding carboxylic acids is 1. The summed E-state index contributed by atoms with van der Waals surface area (Å²) in [7, 11) is 1.52. The number of methoxy groups -OCH3 is 1. The highest BCUT2D eigenvalue weighted by molar-refractivity contribution is 5.93. The smallest absolute Gasteiger partial charge is 0.257 e. The molecule has 0 saturated heterocycles. The fraction of sp³-hybridized carbons (Fsp3) is 0.176. The van der Waals surface area contributed by atoms with Gasteiger partial charge in [-0.1, -0.05) is 23.4 Å². The summed E-state index contributed by atoms with van der Waals surface area (Å²) in [5.41, 5.74) is 1.33. The van der Waals surface area contributed by atoms with E-state index in [9.17, 15) is 4.79 Å². The molecular formula is C17H16N4O3. The van der Waals surface area contributed by atoms with Crippen LogP contribution in [0.1, 0.15) is 16.2 Å². The first-order chi connectivity index (χ1) is 11.8. The van der Waals surface area contributed by atoms with E-state index in [1.165, 1.54) is 13.3 Å². The molecule has 1 N–H and O–H groups in total. The van der Waals surface area contributed by atoms with Crippen LogP contribution in [-0.2, 0) is 6.42 Å². The van der Waals surface area contributed by atoms with Gasteiger partial charge in [-0.2, -0.15) is 4.98 Å². The van der Waals surface area contributed by atoms with E-state index in [1.807, 2.05) is 30.3 Å². The van der Waals surface area contributed by atoms with Crippen molar-refractivity contribution >= 4 is 5.91 Å². The number of pyridine rings is 1.